The van der Waals surface area contributed by atoms with Crippen LogP contribution in [0.15, 0.2) is 0 Å². The van der Waals surface area contributed by atoms with Gasteiger partial charge in [0.2, 0.25) is 0 Å². The van der Waals surface area contributed by atoms with Gasteiger partial charge >= 0.3 is 0 Å². The molecule has 0 amide bonds. The Bertz CT molecular complexity index is 293. The van der Waals surface area contributed by atoms with Crippen LogP contribution in [-0.4, -0.2) is 30.1 Å². The van der Waals surface area contributed by atoms with Crippen LogP contribution in [-0.2, 0) is 0 Å². The van der Waals surface area contributed by atoms with Crippen molar-refractivity contribution in [2.45, 2.75) is 78.2 Å². The van der Waals surface area contributed by atoms with E-state index in [0.29, 0.717) is 11.0 Å². The zero-order chi connectivity index (χ0) is 14.8. The number of likely N-dealkylation sites (N-methyl/N-ethyl adjacent to an activating group) is 1. The summed E-state index contributed by atoms with van der Waals surface area (Å²) in [7, 11) is 0. The Morgan fingerprint density at radius 3 is 2.05 bits per heavy atom. The first kappa shape index (κ1) is 16.3. The van der Waals surface area contributed by atoms with Crippen LogP contribution >= 0.6 is 0 Å². The third kappa shape index (κ3) is 3.39. The third-order valence-electron chi connectivity index (χ3n) is 6.28. The summed E-state index contributed by atoms with van der Waals surface area (Å²) in [5.74, 6) is 1.84. The van der Waals surface area contributed by atoms with E-state index in [4.69, 9.17) is 5.73 Å². The fourth-order valence-electron chi connectivity index (χ4n) is 4.32. The van der Waals surface area contributed by atoms with E-state index in [-0.39, 0.29) is 0 Å². The van der Waals surface area contributed by atoms with Gasteiger partial charge in [-0.1, -0.05) is 34.1 Å². The van der Waals surface area contributed by atoms with E-state index in [1.54, 1.807) is 0 Å². The summed E-state index contributed by atoms with van der Waals surface area (Å²) in [6, 6.07) is 0. The lowest BCUT2D eigenvalue weighted by atomic mass is 9.66. The van der Waals surface area contributed by atoms with Gasteiger partial charge in [-0.2, -0.15) is 0 Å². The summed E-state index contributed by atoms with van der Waals surface area (Å²) in [4.78, 5) is 2.75. The Morgan fingerprint density at radius 1 is 1.10 bits per heavy atom. The molecule has 0 unspecified atom stereocenters. The predicted molar refractivity (Wildman–Crippen MR) is 87.8 cm³/mol. The average Bonchev–Trinajstić information content (AvgIpc) is 2.36. The molecule has 2 aliphatic rings. The number of rotatable bonds is 5. The molecule has 0 atom stereocenters. The van der Waals surface area contributed by atoms with Gasteiger partial charge in [-0.25, -0.2) is 0 Å². The quantitative estimate of drug-likeness (QED) is 0.823. The number of nitrogens with zero attached hydrogens (tertiary/aromatic N) is 1. The molecule has 0 aromatic heterocycles. The second kappa shape index (κ2) is 6.36. The zero-order valence-corrected chi connectivity index (χ0v) is 14.3. The van der Waals surface area contributed by atoms with Crippen LogP contribution in [0.3, 0.4) is 0 Å². The van der Waals surface area contributed by atoms with E-state index < -0.39 is 0 Å². The second-order valence-electron chi connectivity index (χ2n) is 8.40. The molecule has 0 heterocycles. The molecule has 0 aromatic carbocycles. The highest BCUT2D eigenvalue weighted by Crippen LogP contribution is 2.44. The molecule has 0 spiro atoms. The van der Waals surface area contributed by atoms with Crippen molar-refractivity contribution < 1.29 is 0 Å². The average molecular weight is 280 g/mol. The summed E-state index contributed by atoms with van der Waals surface area (Å²) in [6.45, 7) is 12.9. The molecular weight excluding hydrogens is 244 g/mol. The molecular formula is C18H36N2. The van der Waals surface area contributed by atoms with Crippen LogP contribution in [0.25, 0.3) is 0 Å². The summed E-state index contributed by atoms with van der Waals surface area (Å²) >= 11 is 0. The maximum atomic E-state index is 6.26. The van der Waals surface area contributed by atoms with Gasteiger partial charge in [-0.05, 0) is 62.3 Å². The lowest BCUT2D eigenvalue weighted by Gasteiger charge is -2.51. The first-order valence-corrected chi connectivity index (χ1v) is 8.86. The van der Waals surface area contributed by atoms with E-state index in [1.165, 1.54) is 58.0 Å². The normalized spacial score (nSPS) is 32.4. The maximum absolute atomic E-state index is 6.26. The van der Waals surface area contributed by atoms with Crippen LogP contribution in [0.5, 0.6) is 0 Å². The molecule has 0 saturated heterocycles. The first-order valence-electron chi connectivity index (χ1n) is 8.86. The molecule has 2 nitrogen and oxygen atoms in total. The summed E-state index contributed by atoms with van der Waals surface area (Å²) in [5, 5.41) is 0. The number of hydrogen-bond acceptors (Lipinski definition) is 2. The smallest absolute Gasteiger partial charge is 0.0331 e. The minimum absolute atomic E-state index is 0.312. The van der Waals surface area contributed by atoms with Crippen LogP contribution in [0, 0.1) is 17.3 Å². The van der Waals surface area contributed by atoms with Crippen molar-refractivity contribution in [1.29, 1.82) is 0 Å². The minimum Gasteiger partial charge on any atom is -0.329 e. The molecule has 118 valence electrons. The highest BCUT2D eigenvalue weighted by atomic mass is 15.2. The van der Waals surface area contributed by atoms with Gasteiger partial charge in [0.1, 0.15) is 0 Å². The van der Waals surface area contributed by atoms with E-state index in [0.717, 1.165) is 18.4 Å². The Balaban J connectivity index is 1.98. The summed E-state index contributed by atoms with van der Waals surface area (Å²) in [5.41, 5.74) is 7.04. The Morgan fingerprint density at radius 2 is 1.70 bits per heavy atom. The largest absolute Gasteiger partial charge is 0.329 e. The second-order valence-corrected chi connectivity index (χ2v) is 8.40. The monoisotopic (exact) mass is 280 g/mol. The Kier molecular flexibility index (Phi) is 5.18. The molecule has 2 aliphatic carbocycles. The third-order valence-corrected chi connectivity index (χ3v) is 6.28. The molecule has 2 saturated carbocycles. The summed E-state index contributed by atoms with van der Waals surface area (Å²) < 4.78 is 0. The van der Waals surface area contributed by atoms with E-state index in [1.807, 2.05) is 0 Å². The van der Waals surface area contributed by atoms with Crippen molar-refractivity contribution >= 4 is 0 Å². The van der Waals surface area contributed by atoms with E-state index >= 15 is 0 Å². The predicted octanol–water partition coefficient (Wildman–Crippen LogP) is 4.04. The lowest BCUT2D eigenvalue weighted by molar-refractivity contribution is 0.00648. The van der Waals surface area contributed by atoms with E-state index in [9.17, 15) is 0 Å². The number of nitrogens with two attached hydrogens (primary N) is 1. The van der Waals surface area contributed by atoms with Gasteiger partial charge < -0.3 is 5.73 Å². The first-order chi connectivity index (χ1) is 9.41. The van der Waals surface area contributed by atoms with Gasteiger partial charge in [0, 0.05) is 18.6 Å². The molecule has 20 heavy (non-hydrogen) atoms. The molecule has 0 radical (unpaired) electrons. The van der Waals surface area contributed by atoms with Gasteiger partial charge in [-0.15, -0.1) is 0 Å². The highest BCUT2D eigenvalue weighted by molar-refractivity contribution is 4.98. The molecule has 2 N–H and O–H groups in total. The van der Waals surface area contributed by atoms with Crippen LogP contribution < -0.4 is 5.73 Å². The van der Waals surface area contributed by atoms with Crippen molar-refractivity contribution in [3.8, 4) is 0 Å². The Hall–Kier alpha value is -0.0800. The van der Waals surface area contributed by atoms with Crippen LogP contribution in [0.2, 0.25) is 0 Å². The topological polar surface area (TPSA) is 29.3 Å². The highest BCUT2D eigenvalue weighted by Gasteiger charge is 2.42. The zero-order valence-electron chi connectivity index (χ0n) is 14.3. The van der Waals surface area contributed by atoms with Gasteiger partial charge in [0.05, 0.1) is 0 Å². The SMILES string of the molecule is CCN(CC1CCC1)C1(CN)CCC(C(C)(C)C)CC1. The van der Waals surface area contributed by atoms with Gasteiger partial charge in [0.15, 0.2) is 0 Å². The van der Waals surface area contributed by atoms with Gasteiger partial charge in [0.25, 0.3) is 0 Å². The van der Waals surface area contributed by atoms with Crippen molar-refractivity contribution in [3.63, 3.8) is 0 Å². The molecule has 0 bridgehead atoms. The molecule has 2 fully saturated rings. The van der Waals surface area contributed by atoms with Crippen molar-refractivity contribution in [3.05, 3.63) is 0 Å². The fraction of sp³-hybridized carbons (Fsp3) is 1.00. The molecule has 0 aliphatic heterocycles. The Labute approximate surface area is 126 Å². The molecule has 0 aromatic rings. The van der Waals surface area contributed by atoms with Crippen molar-refractivity contribution in [2.75, 3.05) is 19.6 Å². The van der Waals surface area contributed by atoms with Crippen LogP contribution in [0.1, 0.15) is 72.6 Å². The van der Waals surface area contributed by atoms with E-state index in [2.05, 4.69) is 32.6 Å². The van der Waals surface area contributed by atoms with Crippen molar-refractivity contribution in [1.82, 2.24) is 4.90 Å². The van der Waals surface area contributed by atoms with Crippen LogP contribution in [0.4, 0.5) is 0 Å². The van der Waals surface area contributed by atoms with Crippen molar-refractivity contribution in [2.24, 2.45) is 23.0 Å². The van der Waals surface area contributed by atoms with Gasteiger partial charge in [-0.3, -0.25) is 4.90 Å². The minimum atomic E-state index is 0.312. The fourth-order valence-corrected chi connectivity index (χ4v) is 4.32. The standard InChI is InChI=1S/C18H36N2/c1-5-20(13-15-7-6-8-15)18(14-19)11-9-16(10-12-18)17(2,3)4/h15-16H,5-14,19H2,1-4H3. The maximum Gasteiger partial charge on any atom is 0.0331 e. The molecule has 2 rings (SSSR count). The molecule has 2 heteroatoms. The number of hydrogen-bond donors (Lipinski definition) is 1. The summed E-state index contributed by atoms with van der Waals surface area (Å²) in [6.07, 6.45) is 9.69. The lowest BCUT2D eigenvalue weighted by Crippen LogP contribution is -2.57.